The minimum atomic E-state index is -0.487. The predicted octanol–water partition coefficient (Wildman–Crippen LogP) is 4.64. The van der Waals surface area contributed by atoms with Gasteiger partial charge in [-0.05, 0) is 38.3 Å². The van der Waals surface area contributed by atoms with Gasteiger partial charge >= 0.3 is 0 Å². The molecule has 1 atom stereocenters. The fourth-order valence-corrected chi connectivity index (χ4v) is 3.94. The van der Waals surface area contributed by atoms with Crippen LogP contribution in [-0.2, 0) is 21.9 Å². The van der Waals surface area contributed by atoms with Crippen molar-refractivity contribution in [2.45, 2.75) is 58.0 Å². The second-order valence-corrected chi connectivity index (χ2v) is 9.13. The molecule has 0 spiro atoms. The molecule has 4 nitrogen and oxygen atoms in total. The standard InChI is InChI=1S/C24H32N2O2S/c1-5-21(23(28)25-24(2,3)4)26(16-19-12-8-6-9-13-19)22(27)18-29-17-20-14-10-7-11-15-20/h6-15,21H,5,16-18H2,1-4H3,(H,25,28)/t21-/m0/s1. The largest absolute Gasteiger partial charge is 0.350 e. The first-order valence-corrected chi connectivity index (χ1v) is 11.2. The van der Waals surface area contributed by atoms with Gasteiger partial charge in [0.05, 0.1) is 5.75 Å². The highest BCUT2D eigenvalue weighted by molar-refractivity contribution is 7.99. The van der Waals surface area contributed by atoms with E-state index in [0.29, 0.717) is 18.7 Å². The van der Waals surface area contributed by atoms with E-state index < -0.39 is 6.04 Å². The summed E-state index contributed by atoms with van der Waals surface area (Å²) in [6.45, 7) is 8.25. The van der Waals surface area contributed by atoms with Crippen molar-refractivity contribution in [2.75, 3.05) is 5.75 Å². The third-order valence-electron chi connectivity index (χ3n) is 4.42. The number of amides is 2. The molecule has 0 aliphatic heterocycles. The van der Waals surface area contributed by atoms with Gasteiger partial charge < -0.3 is 10.2 Å². The summed E-state index contributed by atoms with van der Waals surface area (Å²) in [4.78, 5) is 27.8. The number of rotatable bonds is 9. The van der Waals surface area contributed by atoms with Crippen LogP contribution in [0.15, 0.2) is 60.7 Å². The van der Waals surface area contributed by atoms with Crippen molar-refractivity contribution in [3.05, 3.63) is 71.8 Å². The lowest BCUT2D eigenvalue weighted by Crippen LogP contribution is -2.53. The summed E-state index contributed by atoms with van der Waals surface area (Å²) < 4.78 is 0. The SMILES string of the molecule is CC[C@@H](C(=O)NC(C)(C)C)N(Cc1ccccc1)C(=O)CSCc1ccccc1. The molecule has 0 saturated heterocycles. The Balaban J connectivity index is 2.11. The number of hydrogen-bond donors (Lipinski definition) is 1. The topological polar surface area (TPSA) is 49.4 Å². The summed E-state index contributed by atoms with van der Waals surface area (Å²) in [7, 11) is 0. The van der Waals surface area contributed by atoms with Crippen LogP contribution < -0.4 is 5.32 Å². The highest BCUT2D eigenvalue weighted by atomic mass is 32.2. The van der Waals surface area contributed by atoms with E-state index in [1.165, 1.54) is 5.56 Å². The van der Waals surface area contributed by atoms with Crippen LogP contribution in [0.4, 0.5) is 0 Å². The zero-order valence-corrected chi connectivity index (χ0v) is 18.7. The average Bonchev–Trinajstić information content (AvgIpc) is 2.68. The number of nitrogens with one attached hydrogen (secondary N) is 1. The van der Waals surface area contributed by atoms with Crippen LogP contribution in [-0.4, -0.2) is 34.0 Å². The van der Waals surface area contributed by atoms with Crippen LogP contribution in [0.5, 0.6) is 0 Å². The molecule has 0 heterocycles. The van der Waals surface area contributed by atoms with Crippen molar-refractivity contribution in [2.24, 2.45) is 0 Å². The summed E-state index contributed by atoms with van der Waals surface area (Å²) in [6, 6.07) is 19.5. The number of nitrogens with zero attached hydrogens (tertiary/aromatic N) is 1. The second kappa shape index (κ2) is 11.1. The Morgan fingerprint density at radius 3 is 2.03 bits per heavy atom. The lowest BCUT2D eigenvalue weighted by Gasteiger charge is -2.33. The van der Waals surface area contributed by atoms with Crippen molar-refractivity contribution < 1.29 is 9.59 Å². The molecule has 2 rings (SSSR count). The van der Waals surface area contributed by atoms with Crippen LogP contribution in [0, 0.1) is 0 Å². The molecule has 0 fully saturated rings. The normalized spacial score (nSPS) is 12.3. The van der Waals surface area contributed by atoms with Crippen molar-refractivity contribution in [1.82, 2.24) is 10.2 Å². The van der Waals surface area contributed by atoms with E-state index >= 15 is 0 Å². The lowest BCUT2D eigenvalue weighted by molar-refractivity contribution is -0.140. The van der Waals surface area contributed by atoms with Crippen molar-refractivity contribution >= 4 is 23.6 Å². The monoisotopic (exact) mass is 412 g/mol. The van der Waals surface area contributed by atoms with E-state index in [2.05, 4.69) is 17.4 Å². The first kappa shape index (κ1) is 23.0. The lowest BCUT2D eigenvalue weighted by atomic mass is 10.1. The molecule has 2 aromatic carbocycles. The van der Waals surface area contributed by atoms with Gasteiger partial charge in [-0.15, -0.1) is 11.8 Å². The molecular formula is C24H32N2O2S. The van der Waals surface area contributed by atoms with Crippen molar-refractivity contribution in [1.29, 1.82) is 0 Å². The average molecular weight is 413 g/mol. The molecule has 0 unspecified atom stereocenters. The van der Waals surface area contributed by atoms with Crippen LogP contribution in [0.3, 0.4) is 0 Å². The van der Waals surface area contributed by atoms with Gasteiger partial charge in [0.1, 0.15) is 6.04 Å². The summed E-state index contributed by atoms with van der Waals surface area (Å²) in [5.74, 6) is 1.01. The van der Waals surface area contributed by atoms with Gasteiger partial charge in [0.2, 0.25) is 11.8 Å². The van der Waals surface area contributed by atoms with Gasteiger partial charge in [0, 0.05) is 17.8 Å². The fourth-order valence-electron chi connectivity index (χ4n) is 3.07. The quantitative estimate of drug-likeness (QED) is 0.653. The molecule has 0 bridgehead atoms. The third-order valence-corrected chi connectivity index (χ3v) is 5.41. The zero-order valence-electron chi connectivity index (χ0n) is 17.9. The molecule has 1 N–H and O–H groups in total. The van der Waals surface area contributed by atoms with Crippen molar-refractivity contribution in [3.63, 3.8) is 0 Å². The Bertz CT molecular complexity index is 772. The smallest absolute Gasteiger partial charge is 0.243 e. The van der Waals surface area contributed by atoms with E-state index in [4.69, 9.17) is 0 Å². The van der Waals surface area contributed by atoms with Gasteiger partial charge in [-0.2, -0.15) is 0 Å². The number of hydrogen-bond acceptors (Lipinski definition) is 3. The molecular weight excluding hydrogens is 380 g/mol. The minimum absolute atomic E-state index is 0.00862. The highest BCUT2D eigenvalue weighted by Crippen LogP contribution is 2.17. The van der Waals surface area contributed by atoms with Gasteiger partial charge in [-0.3, -0.25) is 9.59 Å². The second-order valence-electron chi connectivity index (χ2n) is 8.15. The van der Waals surface area contributed by atoms with Crippen LogP contribution in [0.25, 0.3) is 0 Å². The molecule has 29 heavy (non-hydrogen) atoms. The Kier molecular flexibility index (Phi) is 8.77. The fraction of sp³-hybridized carbons (Fsp3) is 0.417. The molecule has 156 valence electrons. The van der Waals surface area contributed by atoms with E-state index in [1.807, 2.05) is 76.2 Å². The maximum Gasteiger partial charge on any atom is 0.243 e. The molecule has 0 aliphatic rings. The third kappa shape index (κ3) is 7.94. The predicted molar refractivity (Wildman–Crippen MR) is 122 cm³/mol. The molecule has 0 aliphatic carbocycles. The first-order valence-electron chi connectivity index (χ1n) is 10.1. The Morgan fingerprint density at radius 1 is 0.966 bits per heavy atom. The van der Waals surface area contributed by atoms with Gasteiger partial charge in [-0.25, -0.2) is 0 Å². The van der Waals surface area contributed by atoms with Crippen LogP contribution >= 0.6 is 11.8 Å². The highest BCUT2D eigenvalue weighted by Gasteiger charge is 2.30. The number of carbonyl (C=O) groups excluding carboxylic acids is 2. The summed E-state index contributed by atoms with van der Waals surface area (Å²) >= 11 is 1.58. The van der Waals surface area contributed by atoms with Crippen LogP contribution in [0.2, 0.25) is 0 Å². The molecule has 0 aromatic heterocycles. The van der Waals surface area contributed by atoms with Gasteiger partial charge in [-0.1, -0.05) is 67.6 Å². The molecule has 5 heteroatoms. The molecule has 0 saturated carbocycles. The maximum absolute atomic E-state index is 13.1. The summed E-state index contributed by atoms with van der Waals surface area (Å²) in [5, 5.41) is 3.03. The van der Waals surface area contributed by atoms with E-state index in [9.17, 15) is 9.59 Å². The Morgan fingerprint density at radius 2 is 1.52 bits per heavy atom. The van der Waals surface area contributed by atoms with E-state index in [1.54, 1.807) is 16.7 Å². The molecule has 0 radical (unpaired) electrons. The van der Waals surface area contributed by atoms with E-state index in [-0.39, 0.29) is 17.4 Å². The summed E-state index contributed by atoms with van der Waals surface area (Å²) in [5.41, 5.74) is 1.88. The number of benzene rings is 2. The van der Waals surface area contributed by atoms with Crippen LogP contribution in [0.1, 0.15) is 45.2 Å². The molecule has 2 amide bonds. The van der Waals surface area contributed by atoms with Gasteiger partial charge in [0.25, 0.3) is 0 Å². The first-order chi connectivity index (χ1) is 13.8. The summed E-state index contributed by atoms with van der Waals surface area (Å²) in [6.07, 6.45) is 0.573. The molecule has 2 aromatic rings. The van der Waals surface area contributed by atoms with Gasteiger partial charge in [0.15, 0.2) is 0 Å². The Hall–Kier alpha value is -2.27. The Labute approximate surface area is 179 Å². The number of carbonyl (C=O) groups is 2. The maximum atomic E-state index is 13.1. The van der Waals surface area contributed by atoms with Crippen molar-refractivity contribution in [3.8, 4) is 0 Å². The van der Waals surface area contributed by atoms with E-state index in [0.717, 1.165) is 11.3 Å². The number of thioether (sulfide) groups is 1. The minimum Gasteiger partial charge on any atom is -0.350 e. The zero-order chi connectivity index (χ0) is 21.3.